The standard InChI is InChI=1S/C12H16BrNO2/c1-3-14(4-2)11(12(15)16)9-5-7-10(13)8-6-9/h5-8,11H,3-4H2,1-2H3,(H,15,16). The topological polar surface area (TPSA) is 40.5 Å². The van der Waals surface area contributed by atoms with Crippen molar-refractivity contribution in [1.29, 1.82) is 0 Å². The Balaban J connectivity index is 3.02. The summed E-state index contributed by atoms with van der Waals surface area (Å²) in [6.45, 7) is 5.39. The van der Waals surface area contributed by atoms with Gasteiger partial charge in [0.15, 0.2) is 0 Å². The van der Waals surface area contributed by atoms with Gasteiger partial charge in [0.05, 0.1) is 0 Å². The summed E-state index contributed by atoms with van der Waals surface area (Å²) < 4.78 is 0.958. The highest BCUT2D eigenvalue weighted by Gasteiger charge is 2.24. The van der Waals surface area contributed by atoms with Crippen LogP contribution in [0, 0.1) is 0 Å². The van der Waals surface area contributed by atoms with Crippen LogP contribution in [0.15, 0.2) is 28.7 Å². The van der Waals surface area contributed by atoms with Gasteiger partial charge in [-0.25, -0.2) is 0 Å². The Morgan fingerprint density at radius 1 is 1.31 bits per heavy atom. The predicted molar refractivity (Wildman–Crippen MR) is 67.4 cm³/mol. The Bertz CT molecular complexity index is 347. The molecule has 16 heavy (non-hydrogen) atoms. The van der Waals surface area contributed by atoms with Gasteiger partial charge in [-0.3, -0.25) is 9.69 Å². The number of nitrogens with zero attached hydrogens (tertiary/aromatic N) is 1. The highest BCUT2D eigenvalue weighted by Crippen LogP contribution is 2.22. The molecule has 0 aromatic heterocycles. The van der Waals surface area contributed by atoms with Crippen LogP contribution in [0.4, 0.5) is 0 Å². The molecule has 1 N–H and O–H groups in total. The summed E-state index contributed by atoms with van der Waals surface area (Å²) in [5, 5.41) is 9.28. The first-order chi connectivity index (χ1) is 7.60. The lowest BCUT2D eigenvalue weighted by atomic mass is 10.1. The molecule has 88 valence electrons. The van der Waals surface area contributed by atoms with E-state index in [2.05, 4.69) is 15.9 Å². The van der Waals surface area contributed by atoms with Gasteiger partial charge in [-0.05, 0) is 30.8 Å². The lowest BCUT2D eigenvalue weighted by Crippen LogP contribution is -2.33. The lowest BCUT2D eigenvalue weighted by molar-refractivity contribution is -0.143. The smallest absolute Gasteiger partial charge is 0.325 e. The first-order valence-corrected chi connectivity index (χ1v) is 6.11. The Labute approximate surface area is 104 Å². The fourth-order valence-corrected chi connectivity index (χ4v) is 2.01. The van der Waals surface area contributed by atoms with E-state index >= 15 is 0 Å². The van der Waals surface area contributed by atoms with E-state index in [1.54, 1.807) is 0 Å². The predicted octanol–water partition coefficient (Wildman–Crippen LogP) is 2.92. The fraction of sp³-hybridized carbons (Fsp3) is 0.417. The molecule has 0 amide bonds. The monoisotopic (exact) mass is 285 g/mol. The normalized spacial score (nSPS) is 12.8. The van der Waals surface area contributed by atoms with E-state index in [0.29, 0.717) is 0 Å². The largest absolute Gasteiger partial charge is 0.480 e. The SMILES string of the molecule is CCN(CC)C(C(=O)O)c1ccc(Br)cc1. The molecule has 3 nitrogen and oxygen atoms in total. The molecule has 1 aromatic rings. The number of hydrogen-bond acceptors (Lipinski definition) is 2. The molecule has 4 heteroatoms. The van der Waals surface area contributed by atoms with Crippen LogP contribution in [0.5, 0.6) is 0 Å². The first kappa shape index (κ1) is 13.2. The molecule has 0 bridgehead atoms. The molecule has 0 spiro atoms. The molecule has 0 radical (unpaired) electrons. The van der Waals surface area contributed by atoms with Crippen LogP contribution in [0.25, 0.3) is 0 Å². The third-order valence-corrected chi connectivity index (χ3v) is 3.13. The second kappa shape index (κ2) is 6.01. The van der Waals surface area contributed by atoms with E-state index in [4.69, 9.17) is 0 Å². The number of carbonyl (C=O) groups is 1. The van der Waals surface area contributed by atoms with Crippen molar-refractivity contribution in [3.63, 3.8) is 0 Å². The minimum Gasteiger partial charge on any atom is -0.480 e. The number of halogens is 1. The first-order valence-electron chi connectivity index (χ1n) is 5.32. The van der Waals surface area contributed by atoms with E-state index in [0.717, 1.165) is 23.1 Å². The molecule has 0 aliphatic carbocycles. The van der Waals surface area contributed by atoms with Crippen LogP contribution >= 0.6 is 15.9 Å². The maximum Gasteiger partial charge on any atom is 0.325 e. The highest BCUT2D eigenvalue weighted by atomic mass is 79.9. The zero-order chi connectivity index (χ0) is 12.1. The average Bonchev–Trinajstić information content (AvgIpc) is 2.27. The van der Waals surface area contributed by atoms with Gasteiger partial charge in [0.25, 0.3) is 0 Å². The number of aliphatic carboxylic acids is 1. The van der Waals surface area contributed by atoms with Crippen LogP contribution in [0.3, 0.4) is 0 Å². The van der Waals surface area contributed by atoms with Gasteiger partial charge in [-0.15, -0.1) is 0 Å². The number of carboxylic acid groups (broad SMARTS) is 1. The Morgan fingerprint density at radius 3 is 2.19 bits per heavy atom. The number of benzene rings is 1. The quantitative estimate of drug-likeness (QED) is 0.904. The van der Waals surface area contributed by atoms with Crippen LogP contribution < -0.4 is 0 Å². The van der Waals surface area contributed by atoms with E-state index in [1.807, 2.05) is 43.0 Å². The second-order valence-corrected chi connectivity index (χ2v) is 4.43. The van der Waals surface area contributed by atoms with Crippen molar-refractivity contribution in [3.05, 3.63) is 34.3 Å². The molecule has 1 aromatic carbocycles. The van der Waals surface area contributed by atoms with Gasteiger partial charge in [0.1, 0.15) is 6.04 Å². The van der Waals surface area contributed by atoms with E-state index < -0.39 is 12.0 Å². The number of rotatable bonds is 5. The van der Waals surface area contributed by atoms with Crippen molar-refractivity contribution in [2.45, 2.75) is 19.9 Å². The van der Waals surface area contributed by atoms with E-state index in [9.17, 15) is 9.90 Å². The third-order valence-electron chi connectivity index (χ3n) is 2.60. The fourth-order valence-electron chi connectivity index (χ4n) is 1.74. The molecule has 0 saturated carbocycles. The zero-order valence-corrected chi connectivity index (χ0v) is 11.1. The molecular weight excluding hydrogens is 270 g/mol. The van der Waals surface area contributed by atoms with E-state index in [-0.39, 0.29) is 0 Å². The van der Waals surface area contributed by atoms with Crippen molar-refractivity contribution >= 4 is 21.9 Å². The van der Waals surface area contributed by atoms with Crippen LogP contribution in [-0.4, -0.2) is 29.1 Å². The summed E-state index contributed by atoms with van der Waals surface area (Å²) >= 11 is 3.34. The van der Waals surface area contributed by atoms with Crippen molar-refractivity contribution in [1.82, 2.24) is 4.90 Å². The summed E-state index contributed by atoms with van der Waals surface area (Å²) in [5.41, 5.74) is 0.819. The summed E-state index contributed by atoms with van der Waals surface area (Å²) in [5.74, 6) is -0.800. The number of hydrogen-bond donors (Lipinski definition) is 1. The van der Waals surface area contributed by atoms with Crippen LogP contribution in [-0.2, 0) is 4.79 Å². The summed E-state index contributed by atoms with van der Waals surface area (Å²) in [6.07, 6.45) is 0. The molecule has 0 fully saturated rings. The molecule has 1 atom stereocenters. The molecule has 1 rings (SSSR count). The second-order valence-electron chi connectivity index (χ2n) is 3.51. The number of likely N-dealkylation sites (N-methyl/N-ethyl adjacent to an activating group) is 1. The van der Waals surface area contributed by atoms with Crippen LogP contribution in [0.1, 0.15) is 25.5 Å². The summed E-state index contributed by atoms with van der Waals surface area (Å²) in [7, 11) is 0. The van der Waals surface area contributed by atoms with Gasteiger partial charge < -0.3 is 5.11 Å². The van der Waals surface area contributed by atoms with Crippen molar-refractivity contribution < 1.29 is 9.90 Å². The molecule has 0 aliphatic rings. The molecule has 0 aliphatic heterocycles. The summed E-state index contributed by atoms with van der Waals surface area (Å²) in [6, 6.07) is 6.88. The Kier molecular flexibility index (Phi) is 4.96. The van der Waals surface area contributed by atoms with Crippen LogP contribution in [0.2, 0.25) is 0 Å². The molecule has 1 unspecified atom stereocenters. The molecular formula is C12H16BrNO2. The highest BCUT2D eigenvalue weighted by molar-refractivity contribution is 9.10. The van der Waals surface area contributed by atoms with Gasteiger partial charge in [0, 0.05) is 4.47 Å². The third kappa shape index (κ3) is 3.06. The maximum atomic E-state index is 11.3. The van der Waals surface area contributed by atoms with Gasteiger partial charge in [-0.2, -0.15) is 0 Å². The minimum absolute atomic E-state index is 0.553. The van der Waals surface area contributed by atoms with Gasteiger partial charge in [0.2, 0.25) is 0 Å². The molecule has 0 saturated heterocycles. The number of carboxylic acids is 1. The lowest BCUT2D eigenvalue weighted by Gasteiger charge is -2.26. The van der Waals surface area contributed by atoms with Crippen molar-refractivity contribution in [3.8, 4) is 0 Å². The van der Waals surface area contributed by atoms with E-state index in [1.165, 1.54) is 0 Å². The molecule has 0 heterocycles. The van der Waals surface area contributed by atoms with Crippen molar-refractivity contribution in [2.75, 3.05) is 13.1 Å². The average molecular weight is 286 g/mol. The van der Waals surface area contributed by atoms with Gasteiger partial charge >= 0.3 is 5.97 Å². The summed E-state index contributed by atoms with van der Waals surface area (Å²) in [4.78, 5) is 13.2. The Hall–Kier alpha value is -0.870. The van der Waals surface area contributed by atoms with Crippen molar-refractivity contribution in [2.24, 2.45) is 0 Å². The van der Waals surface area contributed by atoms with Gasteiger partial charge in [-0.1, -0.05) is 41.9 Å². The Morgan fingerprint density at radius 2 is 1.81 bits per heavy atom. The zero-order valence-electron chi connectivity index (χ0n) is 9.48. The maximum absolute atomic E-state index is 11.3. The minimum atomic E-state index is -0.800.